The molecule has 1 radical (unpaired) electrons. The van der Waals surface area contributed by atoms with Gasteiger partial charge in [0.2, 0.25) is 0 Å². The molecule has 1 nitrogen and oxygen atoms in total. The summed E-state index contributed by atoms with van der Waals surface area (Å²) in [6, 6.07) is 4.26. The fraction of sp³-hybridized carbons (Fsp3) is 0.333. The summed E-state index contributed by atoms with van der Waals surface area (Å²) in [4.78, 5) is 11.4. The van der Waals surface area contributed by atoms with Gasteiger partial charge in [-0.2, -0.15) is 0 Å². The SMILES string of the molecule is CC(=O)C1=C=[C]Cc2c(C)ccc(C)c2C1. The Balaban J connectivity index is 2.55. The molecule has 0 saturated heterocycles. The van der Waals surface area contributed by atoms with Gasteiger partial charge in [-0.05, 0) is 43.0 Å². The minimum atomic E-state index is 0.0984. The van der Waals surface area contributed by atoms with Gasteiger partial charge in [0.15, 0.2) is 5.78 Å². The quantitative estimate of drug-likeness (QED) is 0.653. The van der Waals surface area contributed by atoms with Crippen molar-refractivity contribution in [2.75, 3.05) is 0 Å². The molecule has 0 bridgehead atoms. The van der Waals surface area contributed by atoms with Gasteiger partial charge in [-0.1, -0.05) is 12.1 Å². The van der Waals surface area contributed by atoms with Gasteiger partial charge in [0.25, 0.3) is 0 Å². The van der Waals surface area contributed by atoms with Crippen LogP contribution in [0.1, 0.15) is 29.2 Å². The van der Waals surface area contributed by atoms with Gasteiger partial charge in [-0.25, -0.2) is 0 Å². The van der Waals surface area contributed by atoms with E-state index in [9.17, 15) is 4.79 Å². The predicted octanol–water partition coefficient (Wildman–Crippen LogP) is 2.88. The van der Waals surface area contributed by atoms with E-state index in [-0.39, 0.29) is 5.78 Å². The van der Waals surface area contributed by atoms with Crippen LogP contribution < -0.4 is 0 Å². The standard InChI is InChI=1S/C15H15O/c1-10-7-8-11(2)15-9-13(12(3)16)5-4-6-14(10)15/h7-8H,6,9H2,1-3H3. The molecule has 0 spiro atoms. The molecule has 0 fully saturated rings. The Hall–Kier alpha value is -1.59. The number of ketones is 1. The maximum absolute atomic E-state index is 11.4. The summed E-state index contributed by atoms with van der Waals surface area (Å²) in [7, 11) is 0. The molecular formula is C15H15O. The van der Waals surface area contributed by atoms with Gasteiger partial charge >= 0.3 is 0 Å². The first-order valence-electron chi connectivity index (χ1n) is 5.53. The molecule has 1 aliphatic rings. The third kappa shape index (κ3) is 1.87. The van der Waals surface area contributed by atoms with Crippen molar-refractivity contribution in [3.8, 4) is 0 Å². The molecule has 0 saturated carbocycles. The number of allylic oxidation sites excluding steroid dienone is 1. The van der Waals surface area contributed by atoms with Crippen LogP contribution in [0, 0.1) is 19.9 Å². The van der Waals surface area contributed by atoms with Crippen LogP contribution in [0.5, 0.6) is 0 Å². The number of carbonyl (C=O) groups excluding carboxylic acids is 1. The van der Waals surface area contributed by atoms with Crippen molar-refractivity contribution in [2.45, 2.75) is 33.6 Å². The number of rotatable bonds is 1. The van der Waals surface area contributed by atoms with E-state index in [2.05, 4.69) is 37.8 Å². The molecule has 0 aliphatic heterocycles. The first-order chi connectivity index (χ1) is 7.59. The van der Waals surface area contributed by atoms with Crippen molar-refractivity contribution in [3.05, 3.63) is 51.8 Å². The second-order valence-corrected chi connectivity index (χ2v) is 4.35. The van der Waals surface area contributed by atoms with E-state index in [1.54, 1.807) is 6.92 Å². The summed E-state index contributed by atoms with van der Waals surface area (Å²) < 4.78 is 0. The Labute approximate surface area is 96.5 Å². The van der Waals surface area contributed by atoms with E-state index in [0.29, 0.717) is 6.42 Å². The van der Waals surface area contributed by atoms with Gasteiger partial charge < -0.3 is 0 Å². The lowest BCUT2D eigenvalue weighted by Gasteiger charge is -2.12. The van der Waals surface area contributed by atoms with E-state index in [0.717, 1.165) is 12.0 Å². The normalized spacial score (nSPS) is 14.1. The average molecular weight is 211 g/mol. The maximum atomic E-state index is 11.4. The molecule has 81 valence electrons. The summed E-state index contributed by atoms with van der Waals surface area (Å²) in [5.74, 6) is 0.0984. The molecule has 0 unspecified atom stereocenters. The summed E-state index contributed by atoms with van der Waals surface area (Å²) >= 11 is 0. The van der Waals surface area contributed by atoms with E-state index in [1.807, 2.05) is 0 Å². The maximum Gasteiger partial charge on any atom is 0.163 e. The molecule has 0 amide bonds. The van der Waals surface area contributed by atoms with Gasteiger partial charge in [-0.3, -0.25) is 4.79 Å². The number of Topliss-reactive ketones (excluding diaryl/α,β-unsaturated/α-hetero) is 1. The lowest BCUT2D eigenvalue weighted by Crippen LogP contribution is -2.04. The molecular weight excluding hydrogens is 196 g/mol. The minimum Gasteiger partial charge on any atom is -0.294 e. The molecule has 0 heterocycles. The van der Waals surface area contributed by atoms with Crippen molar-refractivity contribution in [1.82, 2.24) is 0 Å². The summed E-state index contributed by atoms with van der Waals surface area (Å²) in [6.07, 6.45) is 4.56. The van der Waals surface area contributed by atoms with Crippen LogP contribution in [0.15, 0.2) is 23.4 Å². The molecule has 2 rings (SSSR count). The highest BCUT2D eigenvalue weighted by Gasteiger charge is 2.14. The molecule has 0 atom stereocenters. The Bertz CT molecular complexity index is 514. The second kappa shape index (κ2) is 4.11. The molecule has 0 N–H and O–H groups in total. The Morgan fingerprint density at radius 1 is 1.19 bits per heavy atom. The van der Waals surface area contributed by atoms with Crippen LogP contribution in [-0.2, 0) is 17.6 Å². The number of aryl methyl sites for hydroxylation is 2. The topological polar surface area (TPSA) is 17.1 Å². The number of fused-ring (bicyclic) bond motifs is 1. The van der Waals surface area contributed by atoms with E-state index in [1.165, 1.54) is 22.3 Å². The van der Waals surface area contributed by atoms with Crippen molar-refractivity contribution < 1.29 is 4.79 Å². The smallest absolute Gasteiger partial charge is 0.163 e. The monoisotopic (exact) mass is 211 g/mol. The lowest BCUT2D eigenvalue weighted by molar-refractivity contribution is -0.113. The summed E-state index contributed by atoms with van der Waals surface area (Å²) in [6.45, 7) is 5.81. The molecule has 0 aromatic heterocycles. The first-order valence-corrected chi connectivity index (χ1v) is 5.53. The third-order valence-corrected chi connectivity index (χ3v) is 3.18. The van der Waals surface area contributed by atoms with E-state index in [4.69, 9.17) is 0 Å². The van der Waals surface area contributed by atoms with Gasteiger partial charge in [0.05, 0.1) is 0 Å². The summed E-state index contributed by atoms with van der Waals surface area (Å²) in [5, 5.41) is 0. The Kier molecular flexibility index (Phi) is 2.80. The molecule has 1 aromatic rings. The van der Waals surface area contributed by atoms with Gasteiger partial charge in [-0.15, -0.1) is 5.73 Å². The largest absolute Gasteiger partial charge is 0.294 e. The van der Waals surface area contributed by atoms with Gasteiger partial charge in [0, 0.05) is 24.5 Å². The molecule has 1 heteroatoms. The number of benzene rings is 1. The van der Waals surface area contributed by atoms with E-state index < -0.39 is 0 Å². The molecule has 1 aliphatic carbocycles. The highest BCUT2D eigenvalue weighted by atomic mass is 16.1. The zero-order valence-electron chi connectivity index (χ0n) is 9.98. The molecule has 16 heavy (non-hydrogen) atoms. The Morgan fingerprint density at radius 3 is 2.44 bits per heavy atom. The lowest BCUT2D eigenvalue weighted by atomic mass is 9.91. The number of hydrogen-bond acceptors (Lipinski definition) is 1. The number of carbonyl (C=O) groups is 1. The van der Waals surface area contributed by atoms with Crippen LogP contribution in [-0.4, -0.2) is 5.78 Å². The fourth-order valence-corrected chi connectivity index (χ4v) is 2.09. The predicted molar refractivity (Wildman–Crippen MR) is 64.3 cm³/mol. The van der Waals surface area contributed by atoms with Gasteiger partial charge in [0.1, 0.15) is 0 Å². The van der Waals surface area contributed by atoms with Crippen LogP contribution in [0.3, 0.4) is 0 Å². The van der Waals surface area contributed by atoms with Crippen LogP contribution in [0.25, 0.3) is 0 Å². The zero-order valence-corrected chi connectivity index (χ0v) is 9.98. The van der Waals surface area contributed by atoms with Crippen LogP contribution >= 0.6 is 0 Å². The highest BCUT2D eigenvalue weighted by molar-refractivity contribution is 5.93. The summed E-state index contributed by atoms with van der Waals surface area (Å²) in [5.41, 5.74) is 8.86. The van der Waals surface area contributed by atoms with E-state index >= 15 is 0 Å². The van der Waals surface area contributed by atoms with Crippen molar-refractivity contribution >= 4 is 5.78 Å². The highest BCUT2D eigenvalue weighted by Crippen LogP contribution is 2.24. The average Bonchev–Trinajstić information content (AvgIpc) is 2.46. The zero-order chi connectivity index (χ0) is 11.7. The van der Waals surface area contributed by atoms with Crippen molar-refractivity contribution in [2.24, 2.45) is 0 Å². The van der Waals surface area contributed by atoms with Crippen LogP contribution in [0.2, 0.25) is 0 Å². The van der Waals surface area contributed by atoms with Crippen molar-refractivity contribution in [1.29, 1.82) is 0 Å². The minimum absolute atomic E-state index is 0.0984. The van der Waals surface area contributed by atoms with Crippen LogP contribution in [0.4, 0.5) is 0 Å². The second-order valence-electron chi connectivity index (χ2n) is 4.35. The molecule has 1 aromatic carbocycles. The Morgan fingerprint density at radius 2 is 1.81 bits per heavy atom. The number of hydrogen-bond donors (Lipinski definition) is 0. The first kappa shape index (κ1) is 10.9. The third-order valence-electron chi connectivity index (χ3n) is 3.18. The van der Waals surface area contributed by atoms with Crippen molar-refractivity contribution in [3.63, 3.8) is 0 Å². The fourth-order valence-electron chi connectivity index (χ4n) is 2.09.